The summed E-state index contributed by atoms with van der Waals surface area (Å²) in [6.07, 6.45) is 0.918. The molecule has 18 heavy (non-hydrogen) atoms. The first kappa shape index (κ1) is 16.6. The Morgan fingerprint density at radius 3 is 2.33 bits per heavy atom. The number of hydrogen-bond donors (Lipinski definition) is 1. The minimum atomic E-state index is -0.815. The number of hydrogen-bond acceptors (Lipinski definition) is 5. The van der Waals surface area contributed by atoms with Gasteiger partial charge in [-0.15, -0.1) is 0 Å². The van der Waals surface area contributed by atoms with Crippen LogP contribution in [0.5, 0.6) is 0 Å². The first-order chi connectivity index (χ1) is 8.35. The summed E-state index contributed by atoms with van der Waals surface area (Å²) in [5, 5.41) is 8.53. The van der Waals surface area contributed by atoms with Crippen LogP contribution in [0.1, 0.15) is 33.6 Å². The summed E-state index contributed by atoms with van der Waals surface area (Å²) in [5.74, 6) is -0.958. The fourth-order valence-electron chi connectivity index (χ4n) is 1.31. The Bertz CT molecular complexity index is 307. The fourth-order valence-corrected chi connectivity index (χ4v) is 1.31. The predicted molar refractivity (Wildman–Crippen MR) is 66.8 cm³/mol. The van der Waals surface area contributed by atoms with Crippen LogP contribution in [0.25, 0.3) is 0 Å². The van der Waals surface area contributed by atoms with Gasteiger partial charge in [0.15, 0.2) is 0 Å². The van der Waals surface area contributed by atoms with E-state index >= 15 is 0 Å². The molecule has 0 aliphatic heterocycles. The van der Waals surface area contributed by atoms with Crippen LogP contribution >= 0.6 is 0 Å². The normalized spacial score (nSPS) is 10.9. The highest BCUT2D eigenvalue weighted by Crippen LogP contribution is 2.26. The first-order valence-corrected chi connectivity index (χ1v) is 5.98. The van der Waals surface area contributed by atoms with Gasteiger partial charge < -0.3 is 14.6 Å². The van der Waals surface area contributed by atoms with Crippen molar-refractivity contribution in [2.75, 3.05) is 19.8 Å². The average molecular weight is 258 g/mol. The Balaban J connectivity index is 4.33. The van der Waals surface area contributed by atoms with Crippen LogP contribution in [0.2, 0.25) is 0 Å². The second-order valence-electron chi connectivity index (χ2n) is 4.66. The topological polar surface area (TPSA) is 72.8 Å². The number of rotatable bonds is 8. The number of aliphatic hydroxyl groups excluding tert-OH is 1. The zero-order valence-corrected chi connectivity index (χ0v) is 11.3. The van der Waals surface area contributed by atoms with Crippen molar-refractivity contribution in [2.24, 2.45) is 5.41 Å². The molecule has 0 saturated heterocycles. The molecule has 0 aromatic rings. The molecule has 0 amide bonds. The van der Waals surface area contributed by atoms with Crippen LogP contribution in [0.3, 0.4) is 0 Å². The van der Waals surface area contributed by atoms with Crippen LogP contribution < -0.4 is 0 Å². The van der Waals surface area contributed by atoms with Crippen molar-refractivity contribution in [3.05, 3.63) is 12.2 Å². The van der Waals surface area contributed by atoms with E-state index in [9.17, 15) is 9.59 Å². The molecule has 0 aliphatic carbocycles. The van der Waals surface area contributed by atoms with E-state index in [1.165, 1.54) is 0 Å². The number of carbonyl (C=O) groups excluding carboxylic acids is 2. The summed E-state index contributed by atoms with van der Waals surface area (Å²) in [5.41, 5.74) is -0.619. The van der Waals surface area contributed by atoms with E-state index in [0.29, 0.717) is 6.61 Å². The second kappa shape index (κ2) is 7.87. The molecule has 0 aliphatic rings. The van der Waals surface area contributed by atoms with E-state index in [0.717, 1.165) is 6.42 Å². The smallest absolute Gasteiger partial charge is 0.333 e. The molecule has 0 fully saturated rings. The predicted octanol–water partition coefficient (Wildman–Crippen LogP) is 1.45. The highest BCUT2D eigenvalue weighted by atomic mass is 16.5. The number of aliphatic hydroxyl groups is 1. The maximum absolute atomic E-state index is 11.7. The van der Waals surface area contributed by atoms with Crippen molar-refractivity contribution in [3.63, 3.8) is 0 Å². The quantitative estimate of drug-likeness (QED) is 0.527. The summed E-state index contributed by atoms with van der Waals surface area (Å²) in [6, 6.07) is 0. The Kier molecular flexibility index (Phi) is 7.27. The molecule has 0 unspecified atom stereocenters. The minimum Gasteiger partial charge on any atom is -0.465 e. The summed E-state index contributed by atoms with van der Waals surface area (Å²) in [7, 11) is 0. The molecule has 0 radical (unpaired) electrons. The third-order valence-electron chi connectivity index (χ3n) is 2.26. The molecular formula is C13H22O5. The van der Waals surface area contributed by atoms with Crippen molar-refractivity contribution in [1.29, 1.82) is 0 Å². The van der Waals surface area contributed by atoms with Gasteiger partial charge in [-0.1, -0.05) is 13.5 Å². The van der Waals surface area contributed by atoms with Gasteiger partial charge in [0, 0.05) is 5.57 Å². The van der Waals surface area contributed by atoms with E-state index in [2.05, 4.69) is 6.58 Å². The summed E-state index contributed by atoms with van der Waals surface area (Å²) in [6.45, 7) is 8.94. The van der Waals surface area contributed by atoms with E-state index in [1.807, 2.05) is 6.92 Å². The lowest BCUT2D eigenvalue weighted by atomic mass is 9.86. The van der Waals surface area contributed by atoms with Gasteiger partial charge in [-0.3, -0.25) is 4.79 Å². The van der Waals surface area contributed by atoms with E-state index in [-0.39, 0.29) is 31.2 Å². The van der Waals surface area contributed by atoms with Crippen LogP contribution in [0.4, 0.5) is 0 Å². The average Bonchev–Trinajstić information content (AvgIpc) is 2.32. The lowest BCUT2D eigenvalue weighted by Gasteiger charge is -2.22. The molecule has 5 nitrogen and oxygen atoms in total. The maximum atomic E-state index is 11.7. The Morgan fingerprint density at radius 2 is 1.83 bits per heavy atom. The Labute approximate surface area is 108 Å². The zero-order chi connectivity index (χ0) is 14.2. The maximum Gasteiger partial charge on any atom is 0.333 e. The summed E-state index contributed by atoms with van der Waals surface area (Å²) in [4.78, 5) is 23.2. The van der Waals surface area contributed by atoms with Gasteiger partial charge in [0.05, 0.1) is 18.6 Å². The Morgan fingerprint density at radius 1 is 1.22 bits per heavy atom. The van der Waals surface area contributed by atoms with Gasteiger partial charge in [0.2, 0.25) is 0 Å². The Hall–Kier alpha value is -1.36. The lowest BCUT2D eigenvalue weighted by molar-refractivity contribution is -0.154. The largest absolute Gasteiger partial charge is 0.465 e. The first-order valence-electron chi connectivity index (χ1n) is 5.98. The van der Waals surface area contributed by atoms with Gasteiger partial charge in [-0.2, -0.15) is 0 Å². The van der Waals surface area contributed by atoms with Gasteiger partial charge >= 0.3 is 11.9 Å². The van der Waals surface area contributed by atoms with Crippen LogP contribution in [0, 0.1) is 5.41 Å². The third kappa shape index (κ3) is 5.82. The molecular weight excluding hydrogens is 236 g/mol. The summed E-state index contributed by atoms with van der Waals surface area (Å²) >= 11 is 0. The van der Waals surface area contributed by atoms with Crippen molar-refractivity contribution in [3.8, 4) is 0 Å². The van der Waals surface area contributed by atoms with Crippen LogP contribution in [-0.4, -0.2) is 36.9 Å². The number of ether oxygens (including phenoxy) is 2. The van der Waals surface area contributed by atoms with E-state index in [4.69, 9.17) is 14.6 Å². The molecule has 0 bridgehead atoms. The molecule has 0 aromatic heterocycles. The van der Waals surface area contributed by atoms with E-state index in [1.54, 1.807) is 13.8 Å². The van der Waals surface area contributed by atoms with Crippen LogP contribution in [0.15, 0.2) is 12.2 Å². The van der Waals surface area contributed by atoms with Gasteiger partial charge in [0.1, 0.15) is 6.61 Å². The third-order valence-corrected chi connectivity index (χ3v) is 2.26. The molecule has 104 valence electrons. The molecule has 0 heterocycles. The zero-order valence-electron chi connectivity index (χ0n) is 11.3. The summed E-state index contributed by atoms with van der Waals surface area (Å²) < 4.78 is 9.76. The van der Waals surface area contributed by atoms with Crippen molar-refractivity contribution >= 4 is 11.9 Å². The highest BCUT2D eigenvalue weighted by Gasteiger charge is 2.31. The van der Waals surface area contributed by atoms with Crippen molar-refractivity contribution < 1.29 is 24.2 Å². The number of carbonyl (C=O) groups is 2. The van der Waals surface area contributed by atoms with E-state index < -0.39 is 11.4 Å². The van der Waals surface area contributed by atoms with Crippen LogP contribution in [-0.2, 0) is 19.1 Å². The molecule has 0 spiro atoms. The fraction of sp³-hybridized carbons (Fsp3) is 0.692. The monoisotopic (exact) mass is 258 g/mol. The van der Waals surface area contributed by atoms with Crippen molar-refractivity contribution in [1.82, 2.24) is 0 Å². The van der Waals surface area contributed by atoms with Gasteiger partial charge in [-0.25, -0.2) is 4.79 Å². The molecule has 1 N–H and O–H groups in total. The van der Waals surface area contributed by atoms with Gasteiger partial charge in [-0.05, 0) is 26.7 Å². The molecule has 0 atom stereocenters. The highest BCUT2D eigenvalue weighted by molar-refractivity contribution is 5.89. The SMILES string of the molecule is C=C(CC(C)(C)C(=O)OCCC)C(=O)OCCO. The standard InChI is InChI=1S/C13H22O5/c1-5-7-18-12(16)13(3,4)9-10(2)11(15)17-8-6-14/h14H,2,5-9H2,1,3-4H3. The van der Waals surface area contributed by atoms with Gasteiger partial charge in [0.25, 0.3) is 0 Å². The number of esters is 2. The lowest BCUT2D eigenvalue weighted by Crippen LogP contribution is -2.29. The molecule has 0 rings (SSSR count). The molecule has 0 saturated carbocycles. The molecule has 0 aromatic carbocycles. The minimum absolute atomic E-state index is 0.0709. The molecule has 5 heteroatoms. The second-order valence-corrected chi connectivity index (χ2v) is 4.66. The van der Waals surface area contributed by atoms with Crippen molar-refractivity contribution in [2.45, 2.75) is 33.6 Å².